The van der Waals surface area contributed by atoms with E-state index in [9.17, 15) is 0 Å². The summed E-state index contributed by atoms with van der Waals surface area (Å²) in [4.78, 5) is 0. The quantitative estimate of drug-likeness (QED) is 0.178. The fourth-order valence-electron chi connectivity index (χ4n) is 0. The SMILES string of the molecule is N=CN.[I-].[K+]. The van der Waals surface area contributed by atoms with Crippen molar-refractivity contribution in [1.82, 2.24) is 0 Å². The molecule has 0 heterocycles. The van der Waals surface area contributed by atoms with Crippen molar-refractivity contribution in [2.45, 2.75) is 0 Å². The number of hydrogen-bond acceptors (Lipinski definition) is 1. The van der Waals surface area contributed by atoms with Crippen LogP contribution in [0.4, 0.5) is 0 Å². The first-order chi connectivity index (χ1) is 1.41. The molecule has 0 fully saturated rings. The number of rotatable bonds is 0. The van der Waals surface area contributed by atoms with Crippen molar-refractivity contribution in [1.29, 1.82) is 5.41 Å². The number of nitrogens with one attached hydrogen (secondary N) is 1. The molecule has 0 rings (SSSR count). The van der Waals surface area contributed by atoms with Crippen LogP contribution in [-0.2, 0) is 0 Å². The van der Waals surface area contributed by atoms with Gasteiger partial charge in [-0.2, -0.15) is 0 Å². The Morgan fingerprint density at radius 2 is 1.60 bits per heavy atom. The Bertz CT molecular complexity index is 17.1. The van der Waals surface area contributed by atoms with Crippen LogP contribution in [0.1, 0.15) is 0 Å². The van der Waals surface area contributed by atoms with Gasteiger partial charge >= 0.3 is 51.4 Å². The van der Waals surface area contributed by atoms with E-state index >= 15 is 0 Å². The van der Waals surface area contributed by atoms with Gasteiger partial charge in [0.1, 0.15) is 0 Å². The second-order valence-electron chi connectivity index (χ2n) is 0.167. The Kier molecular flexibility index (Phi) is 53.7. The van der Waals surface area contributed by atoms with Crippen molar-refractivity contribution in [3.05, 3.63) is 0 Å². The van der Waals surface area contributed by atoms with Crippen LogP contribution in [-0.4, -0.2) is 6.34 Å². The van der Waals surface area contributed by atoms with Crippen molar-refractivity contribution >= 4 is 6.34 Å². The van der Waals surface area contributed by atoms with E-state index in [-0.39, 0.29) is 75.4 Å². The van der Waals surface area contributed by atoms with Crippen LogP contribution >= 0.6 is 0 Å². The van der Waals surface area contributed by atoms with Crippen LogP contribution < -0.4 is 81.1 Å². The van der Waals surface area contributed by atoms with Gasteiger partial charge < -0.3 is 29.7 Å². The van der Waals surface area contributed by atoms with E-state index in [0.717, 1.165) is 6.34 Å². The van der Waals surface area contributed by atoms with Crippen LogP contribution in [0, 0.1) is 5.41 Å². The van der Waals surface area contributed by atoms with E-state index in [2.05, 4.69) is 5.73 Å². The number of nitrogens with two attached hydrogens (primary N) is 1. The van der Waals surface area contributed by atoms with Crippen molar-refractivity contribution in [3.63, 3.8) is 0 Å². The molecule has 0 saturated carbocycles. The van der Waals surface area contributed by atoms with E-state index < -0.39 is 0 Å². The van der Waals surface area contributed by atoms with Crippen LogP contribution in [0.3, 0.4) is 0 Å². The molecule has 0 aliphatic rings. The molecule has 2 nitrogen and oxygen atoms in total. The molecule has 0 aliphatic carbocycles. The minimum atomic E-state index is 0. The summed E-state index contributed by atoms with van der Waals surface area (Å²) in [5, 5.41) is 5.86. The minimum Gasteiger partial charge on any atom is -1.00 e. The van der Waals surface area contributed by atoms with Crippen LogP contribution in [0.5, 0.6) is 0 Å². The van der Waals surface area contributed by atoms with Gasteiger partial charge in [0.25, 0.3) is 0 Å². The normalized spacial score (nSPS) is 2.40. The predicted molar refractivity (Wildman–Crippen MR) is 13.0 cm³/mol. The monoisotopic (exact) mass is 210 g/mol. The maximum Gasteiger partial charge on any atom is 1.00 e. The van der Waals surface area contributed by atoms with Crippen molar-refractivity contribution < 1.29 is 75.4 Å². The number of hydrogen-bond donors (Lipinski definition) is 2. The van der Waals surface area contributed by atoms with Crippen molar-refractivity contribution in [2.24, 2.45) is 5.73 Å². The predicted octanol–water partition coefficient (Wildman–Crippen LogP) is -6.44. The molecule has 0 aromatic carbocycles. The molecule has 0 aliphatic heterocycles. The standard InChI is InChI=1S/CH4N2.HI.K/c2-1-3;;/h1H,(H3,2,3);1H;/q;;+1/p-1. The minimum absolute atomic E-state index is 0. The topological polar surface area (TPSA) is 49.9 Å². The molecule has 0 spiro atoms. The van der Waals surface area contributed by atoms with E-state index in [1.165, 1.54) is 0 Å². The van der Waals surface area contributed by atoms with Gasteiger partial charge in [-0.3, -0.25) is 5.41 Å². The van der Waals surface area contributed by atoms with E-state index in [1.807, 2.05) is 0 Å². The molecule has 0 atom stereocenters. The third-order valence-electron chi connectivity index (χ3n) is 0. The van der Waals surface area contributed by atoms with Crippen molar-refractivity contribution in [3.8, 4) is 0 Å². The van der Waals surface area contributed by atoms with Gasteiger partial charge in [0, 0.05) is 0 Å². The van der Waals surface area contributed by atoms with Gasteiger partial charge in [-0.15, -0.1) is 0 Å². The molecule has 0 unspecified atom stereocenters. The van der Waals surface area contributed by atoms with Gasteiger partial charge in [-0.1, -0.05) is 0 Å². The average molecular weight is 210 g/mol. The van der Waals surface area contributed by atoms with Crippen LogP contribution in [0.25, 0.3) is 0 Å². The molecule has 0 amide bonds. The molecule has 0 radical (unpaired) electrons. The summed E-state index contributed by atoms with van der Waals surface area (Å²) in [6.07, 6.45) is 0.750. The van der Waals surface area contributed by atoms with E-state index in [1.54, 1.807) is 0 Å². The van der Waals surface area contributed by atoms with Crippen molar-refractivity contribution in [2.75, 3.05) is 0 Å². The number of halogens is 1. The summed E-state index contributed by atoms with van der Waals surface area (Å²) >= 11 is 0. The molecule has 26 valence electrons. The van der Waals surface area contributed by atoms with Gasteiger partial charge in [0.15, 0.2) is 0 Å². The zero-order chi connectivity index (χ0) is 2.71. The molecule has 0 aromatic rings. The zero-order valence-corrected chi connectivity index (χ0v) is 8.31. The largest absolute Gasteiger partial charge is 1.00 e. The summed E-state index contributed by atoms with van der Waals surface area (Å²) in [7, 11) is 0. The first kappa shape index (κ1) is 15.8. The van der Waals surface area contributed by atoms with Gasteiger partial charge in [0.05, 0.1) is 6.34 Å². The van der Waals surface area contributed by atoms with Gasteiger partial charge in [-0.25, -0.2) is 0 Å². The fourth-order valence-corrected chi connectivity index (χ4v) is 0. The maximum absolute atomic E-state index is 5.86. The second kappa shape index (κ2) is 17.0. The first-order valence-electron chi connectivity index (χ1n) is 0.622. The third-order valence-corrected chi connectivity index (χ3v) is 0. The molecule has 0 aromatic heterocycles. The third kappa shape index (κ3) is 25.5. The van der Waals surface area contributed by atoms with E-state index in [4.69, 9.17) is 5.41 Å². The summed E-state index contributed by atoms with van der Waals surface area (Å²) in [5.41, 5.74) is 4.39. The Morgan fingerprint density at radius 1 is 1.60 bits per heavy atom. The summed E-state index contributed by atoms with van der Waals surface area (Å²) < 4.78 is 0. The molecule has 4 heteroatoms. The molecular formula is CH4IKN2. The second-order valence-corrected chi connectivity index (χ2v) is 0.167. The zero-order valence-electron chi connectivity index (χ0n) is 3.03. The fraction of sp³-hybridized carbons (Fsp3) is 0. The maximum atomic E-state index is 5.86. The summed E-state index contributed by atoms with van der Waals surface area (Å²) in [5.74, 6) is 0. The Balaban J connectivity index is -0.0000000200. The Hall–Kier alpha value is 1.84. The van der Waals surface area contributed by atoms with Crippen LogP contribution in [0.15, 0.2) is 0 Å². The average Bonchev–Trinajstić information content (AvgIpc) is 0.918. The Labute approximate surface area is 90.8 Å². The summed E-state index contributed by atoms with van der Waals surface area (Å²) in [6, 6.07) is 0. The molecule has 3 N–H and O–H groups in total. The van der Waals surface area contributed by atoms with Gasteiger partial charge in [-0.05, 0) is 0 Å². The Morgan fingerprint density at radius 3 is 1.60 bits per heavy atom. The van der Waals surface area contributed by atoms with Crippen LogP contribution in [0.2, 0.25) is 0 Å². The van der Waals surface area contributed by atoms with Gasteiger partial charge in [0.2, 0.25) is 0 Å². The summed E-state index contributed by atoms with van der Waals surface area (Å²) in [6.45, 7) is 0. The smallest absolute Gasteiger partial charge is 1.00 e. The first-order valence-corrected chi connectivity index (χ1v) is 0.622. The molecular weight excluding hydrogens is 206 g/mol. The molecule has 5 heavy (non-hydrogen) atoms. The molecule has 0 saturated heterocycles. The molecule has 0 bridgehead atoms. The van der Waals surface area contributed by atoms with E-state index in [0.29, 0.717) is 0 Å².